The van der Waals surface area contributed by atoms with Gasteiger partial charge in [-0.15, -0.1) is 0 Å². The number of ether oxygens (including phenoxy) is 2. The molecule has 0 spiro atoms. The van der Waals surface area contributed by atoms with Gasteiger partial charge in [-0.05, 0) is 44.0 Å². The van der Waals surface area contributed by atoms with E-state index < -0.39 is 0 Å². The highest BCUT2D eigenvalue weighted by molar-refractivity contribution is 8.15. The normalized spacial score (nSPS) is 16.6. The number of carbonyl (C=O) groups excluding carboxylic acids is 2. The van der Waals surface area contributed by atoms with Crippen LogP contribution < -0.4 is 14.8 Å². The highest BCUT2D eigenvalue weighted by atomic mass is 32.2. The van der Waals surface area contributed by atoms with Gasteiger partial charge in [-0.3, -0.25) is 14.9 Å². The van der Waals surface area contributed by atoms with Crippen molar-refractivity contribution in [2.45, 2.75) is 38.0 Å². The van der Waals surface area contributed by atoms with Gasteiger partial charge in [0.15, 0.2) is 6.10 Å². The van der Waals surface area contributed by atoms with Gasteiger partial charge in [-0.25, -0.2) is 9.97 Å². The molecule has 1 aliphatic heterocycles. The van der Waals surface area contributed by atoms with Crippen LogP contribution in [0.1, 0.15) is 35.9 Å². The number of aromatic nitrogens is 2. The summed E-state index contributed by atoms with van der Waals surface area (Å²) in [6.45, 7) is 4.18. The molecule has 0 radical (unpaired) electrons. The monoisotopic (exact) mass is 453 g/mol. The zero-order valence-electron chi connectivity index (χ0n) is 17.7. The second-order valence-corrected chi connectivity index (χ2v) is 8.49. The van der Waals surface area contributed by atoms with Gasteiger partial charge in [0.25, 0.3) is 5.24 Å². The zero-order valence-corrected chi connectivity index (χ0v) is 18.6. The predicted molar refractivity (Wildman–Crippen MR) is 119 cm³/mol. The van der Waals surface area contributed by atoms with E-state index in [4.69, 9.17) is 13.9 Å². The first-order valence-electron chi connectivity index (χ1n) is 10.2. The first-order valence-corrected chi connectivity index (χ1v) is 11.1. The number of amides is 2. The van der Waals surface area contributed by atoms with Crippen LogP contribution >= 0.6 is 11.8 Å². The first kappa shape index (κ1) is 21.9. The number of benzene rings is 1. The lowest BCUT2D eigenvalue weighted by Crippen LogP contribution is -2.25. The summed E-state index contributed by atoms with van der Waals surface area (Å²) in [5.41, 5.74) is 1.79. The Hall–Kier alpha value is -3.33. The van der Waals surface area contributed by atoms with Crippen molar-refractivity contribution in [2.75, 3.05) is 6.61 Å². The zero-order chi connectivity index (χ0) is 22.5. The molecular weight excluding hydrogens is 430 g/mol. The van der Waals surface area contributed by atoms with Crippen LogP contribution in [0.3, 0.4) is 0 Å². The summed E-state index contributed by atoms with van der Waals surface area (Å²) in [5, 5.41) is 1.64. The maximum atomic E-state index is 11.7. The fraction of sp³-hybridized carbons (Fsp3) is 0.304. The number of nitrogens with one attached hydrogen (secondary N) is 1. The van der Waals surface area contributed by atoms with Gasteiger partial charge in [0.2, 0.25) is 17.7 Å². The maximum absolute atomic E-state index is 11.7. The van der Waals surface area contributed by atoms with Crippen molar-refractivity contribution in [2.24, 2.45) is 0 Å². The number of hydrogen-bond acceptors (Lipinski definition) is 8. The molecule has 1 aliphatic rings. The molecule has 1 aromatic carbocycles. The average Bonchev–Trinajstić information content (AvgIpc) is 3.31. The van der Waals surface area contributed by atoms with Crippen molar-refractivity contribution in [3.05, 3.63) is 71.6 Å². The molecule has 0 bridgehead atoms. The van der Waals surface area contributed by atoms with E-state index in [0.29, 0.717) is 31.2 Å². The van der Waals surface area contributed by atoms with Crippen LogP contribution in [0.5, 0.6) is 11.6 Å². The Kier molecular flexibility index (Phi) is 6.75. The molecule has 4 rings (SSSR count). The van der Waals surface area contributed by atoms with Crippen LogP contribution in [0.4, 0.5) is 4.79 Å². The molecule has 32 heavy (non-hydrogen) atoms. The highest BCUT2D eigenvalue weighted by Gasteiger charge is 2.31. The minimum atomic E-state index is -0.373. The van der Waals surface area contributed by atoms with Gasteiger partial charge in [-0.1, -0.05) is 30.0 Å². The second kappa shape index (κ2) is 9.86. The molecule has 2 aromatic heterocycles. The minimum absolute atomic E-state index is 0.234. The van der Waals surface area contributed by atoms with Crippen molar-refractivity contribution < 1.29 is 23.5 Å². The lowest BCUT2D eigenvalue weighted by Gasteiger charge is -2.09. The predicted octanol–water partition coefficient (Wildman–Crippen LogP) is 4.03. The van der Waals surface area contributed by atoms with Gasteiger partial charge in [0, 0.05) is 18.7 Å². The van der Waals surface area contributed by atoms with E-state index in [9.17, 15) is 9.59 Å². The van der Waals surface area contributed by atoms with Crippen LogP contribution in [-0.2, 0) is 17.6 Å². The summed E-state index contributed by atoms with van der Waals surface area (Å²) >= 11 is 1.03. The van der Waals surface area contributed by atoms with Crippen molar-refractivity contribution in [1.29, 1.82) is 0 Å². The molecule has 2 unspecified atom stereocenters. The molecule has 166 valence electrons. The SMILES string of the molecule is Cc1oc(C(C)Oc2ccccn2)nc1CCOc1ccc(CC2SC(=O)NC2=O)cc1. The van der Waals surface area contributed by atoms with E-state index in [-0.39, 0.29) is 22.5 Å². The third-order valence-electron chi connectivity index (χ3n) is 4.91. The smallest absolute Gasteiger partial charge is 0.286 e. The minimum Gasteiger partial charge on any atom is -0.493 e. The van der Waals surface area contributed by atoms with E-state index in [0.717, 1.165) is 34.5 Å². The Morgan fingerprint density at radius 1 is 1.19 bits per heavy atom. The lowest BCUT2D eigenvalue weighted by molar-refractivity contribution is -0.118. The Balaban J connectivity index is 1.27. The lowest BCUT2D eigenvalue weighted by atomic mass is 10.1. The number of carbonyl (C=O) groups is 2. The van der Waals surface area contributed by atoms with Crippen LogP contribution in [-0.4, -0.2) is 33.0 Å². The number of oxazole rings is 1. The first-order chi connectivity index (χ1) is 15.5. The Bertz CT molecular complexity index is 1080. The standard InChI is InChI=1S/C23H23N3O5S/c1-14-18(25-22(31-14)15(2)30-20-5-3-4-11-24-20)10-12-29-17-8-6-16(7-9-17)13-19-21(27)26-23(28)32-19/h3-9,11,15,19H,10,12-13H2,1-2H3,(H,26,27,28). The van der Waals surface area contributed by atoms with Crippen LogP contribution in [0.25, 0.3) is 0 Å². The number of nitrogens with zero attached hydrogens (tertiary/aromatic N) is 2. The van der Waals surface area contributed by atoms with Gasteiger partial charge < -0.3 is 13.9 Å². The molecule has 1 saturated heterocycles. The van der Waals surface area contributed by atoms with Crippen molar-refractivity contribution in [1.82, 2.24) is 15.3 Å². The molecular formula is C23H23N3O5S. The molecule has 0 aliphatic carbocycles. The fourth-order valence-electron chi connectivity index (χ4n) is 3.23. The van der Waals surface area contributed by atoms with Crippen molar-refractivity contribution in [3.63, 3.8) is 0 Å². The van der Waals surface area contributed by atoms with Crippen molar-refractivity contribution in [3.8, 4) is 11.6 Å². The number of thioether (sulfide) groups is 1. The maximum Gasteiger partial charge on any atom is 0.286 e. The van der Waals surface area contributed by atoms with Crippen LogP contribution in [0.15, 0.2) is 53.1 Å². The summed E-state index contributed by atoms with van der Waals surface area (Å²) in [7, 11) is 0. The second-order valence-electron chi connectivity index (χ2n) is 7.31. The van der Waals surface area contributed by atoms with E-state index in [1.54, 1.807) is 12.3 Å². The summed E-state index contributed by atoms with van der Waals surface area (Å²) < 4.78 is 17.4. The van der Waals surface area contributed by atoms with Gasteiger partial charge >= 0.3 is 0 Å². The van der Waals surface area contributed by atoms with Gasteiger partial charge in [0.1, 0.15) is 11.5 Å². The molecule has 3 heterocycles. The Morgan fingerprint density at radius 2 is 2.00 bits per heavy atom. The van der Waals surface area contributed by atoms with E-state index in [1.165, 1.54) is 0 Å². The van der Waals surface area contributed by atoms with E-state index in [1.807, 2.05) is 50.2 Å². The number of aryl methyl sites for hydroxylation is 1. The molecule has 3 aromatic rings. The summed E-state index contributed by atoms with van der Waals surface area (Å²) in [6.07, 6.45) is 2.40. The molecule has 2 amide bonds. The fourth-order valence-corrected chi connectivity index (χ4v) is 4.09. The van der Waals surface area contributed by atoms with Crippen LogP contribution in [0.2, 0.25) is 0 Å². The van der Waals surface area contributed by atoms with E-state index in [2.05, 4.69) is 15.3 Å². The number of pyridine rings is 1. The Morgan fingerprint density at radius 3 is 2.69 bits per heavy atom. The number of imide groups is 1. The Labute approximate surface area is 189 Å². The third-order valence-corrected chi connectivity index (χ3v) is 5.89. The summed E-state index contributed by atoms with van der Waals surface area (Å²) in [5.74, 6) is 2.24. The molecule has 9 heteroatoms. The average molecular weight is 454 g/mol. The van der Waals surface area contributed by atoms with Gasteiger partial charge in [0.05, 0.1) is 17.6 Å². The largest absolute Gasteiger partial charge is 0.493 e. The molecule has 1 N–H and O–H groups in total. The topological polar surface area (TPSA) is 104 Å². The highest BCUT2D eigenvalue weighted by Crippen LogP contribution is 2.24. The third kappa shape index (κ3) is 5.47. The van der Waals surface area contributed by atoms with Crippen LogP contribution in [0, 0.1) is 6.92 Å². The molecule has 0 saturated carbocycles. The summed E-state index contributed by atoms with van der Waals surface area (Å²) in [4.78, 5) is 31.7. The molecule has 1 fully saturated rings. The quantitative estimate of drug-likeness (QED) is 0.518. The molecule has 8 nitrogen and oxygen atoms in total. The summed E-state index contributed by atoms with van der Waals surface area (Å²) in [6, 6.07) is 13.0. The van der Waals surface area contributed by atoms with E-state index >= 15 is 0 Å². The van der Waals surface area contributed by atoms with Gasteiger partial charge in [-0.2, -0.15) is 0 Å². The molecule has 2 atom stereocenters. The number of hydrogen-bond donors (Lipinski definition) is 1. The number of rotatable bonds is 9. The van der Waals surface area contributed by atoms with Crippen molar-refractivity contribution >= 4 is 22.9 Å².